The first-order valence-corrected chi connectivity index (χ1v) is 8.94. The minimum atomic E-state index is -3.13. The van der Waals surface area contributed by atoms with E-state index in [1.807, 2.05) is 0 Å². The molecule has 1 aliphatic heterocycles. The molecule has 0 saturated carbocycles. The molecule has 4 heterocycles. The largest absolute Gasteiger partial charge is 0.366 e. The lowest BCUT2D eigenvalue weighted by Gasteiger charge is -2.20. The summed E-state index contributed by atoms with van der Waals surface area (Å²) in [5.41, 5.74) is 7.09. The molecule has 1 unspecified atom stereocenters. The molecule has 9 nitrogen and oxygen atoms in total. The fourth-order valence-corrected chi connectivity index (χ4v) is 3.65. The molecule has 0 aromatic carbocycles. The smallest absolute Gasteiger partial charge is 0.268 e. The lowest BCUT2D eigenvalue weighted by molar-refractivity contribution is -0.131. The van der Waals surface area contributed by atoms with E-state index >= 15 is 0 Å². The number of fused-ring (bicyclic) bond motifs is 1. The Hall–Kier alpha value is -3.94. The topological polar surface area (TPSA) is 142 Å². The molecule has 3 aromatic heterocycles. The molecule has 0 spiro atoms. The van der Waals surface area contributed by atoms with E-state index in [1.165, 1.54) is 24.7 Å². The van der Waals surface area contributed by atoms with Crippen molar-refractivity contribution in [3.63, 3.8) is 0 Å². The summed E-state index contributed by atoms with van der Waals surface area (Å²) in [6.45, 7) is -0.837. The van der Waals surface area contributed by atoms with Crippen molar-refractivity contribution in [1.82, 2.24) is 25.1 Å². The quantitative estimate of drug-likeness (QED) is 0.665. The molecule has 1 saturated heterocycles. The van der Waals surface area contributed by atoms with Crippen molar-refractivity contribution < 1.29 is 18.4 Å². The van der Waals surface area contributed by atoms with E-state index in [2.05, 4.69) is 20.2 Å². The highest BCUT2D eigenvalue weighted by molar-refractivity contribution is 6.05. The molecule has 1 atom stereocenters. The molecule has 0 bridgehead atoms. The fourth-order valence-electron chi connectivity index (χ4n) is 3.65. The fraction of sp³-hybridized carbons (Fsp3) is 0.263. The molecule has 1 fully saturated rings. The van der Waals surface area contributed by atoms with Crippen LogP contribution in [0.15, 0.2) is 30.7 Å². The second-order valence-corrected chi connectivity index (χ2v) is 6.94. The molecule has 2 amide bonds. The van der Waals surface area contributed by atoms with E-state index in [0.29, 0.717) is 22.2 Å². The predicted molar refractivity (Wildman–Crippen MR) is 100 cm³/mol. The Balaban J connectivity index is 1.79. The average molecular weight is 411 g/mol. The molecule has 3 N–H and O–H groups in total. The Morgan fingerprint density at radius 2 is 2.10 bits per heavy atom. The van der Waals surface area contributed by atoms with Crippen molar-refractivity contribution >= 4 is 22.8 Å². The van der Waals surface area contributed by atoms with Gasteiger partial charge in [-0.05, 0) is 17.7 Å². The number of primary amides is 1. The van der Waals surface area contributed by atoms with Gasteiger partial charge >= 0.3 is 0 Å². The summed E-state index contributed by atoms with van der Waals surface area (Å²) in [6, 6.07) is 3.56. The number of alkyl halides is 2. The maximum atomic E-state index is 13.7. The summed E-state index contributed by atoms with van der Waals surface area (Å²) in [6.07, 6.45) is 3.23. The van der Waals surface area contributed by atoms with E-state index in [9.17, 15) is 18.4 Å². The number of carbonyl (C=O) groups excluding carboxylic acids is 2. The third-order valence-corrected chi connectivity index (χ3v) is 4.98. The normalized spacial score (nSPS) is 17.8. The first-order valence-electron chi connectivity index (χ1n) is 8.94. The Morgan fingerprint density at radius 3 is 2.83 bits per heavy atom. The number of nitrogens with one attached hydrogen (secondary N) is 1. The molecule has 152 valence electrons. The second kappa shape index (κ2) is 7.14. The average Bonchev–Trinajstić information content (AvgIpc) is 3.31. The van der Waals surface area contributed by atoms with Gasteiger partial charge in [-0.3, -0.25) is 19.7 Å². The van der Waals surface area contributed by atoms with Crippen LogP contribution < -0.4 is 5.73 Å². The first kappa shape index (κ1) is 19.4. The van der Waals surface area contributed by atoms with Crippen LogP contribution in [0.5, 0.6) is 0 Å². The number of rotatable bonds is 4. The summed E-state index contributed by atoms with van der Waals surface area (Å²) >= 11 is 0. The van der Waals surface area contributed by atoms with E-state index in [4.69, 9.17) is 11.0 Å². The van der Waals surface area contributed by atoms with E-state index < -0.39 is 36.7 Å². The van der Waals surface area contributed by atoms with Crippen LogP contribution in [0.4, 0.5) is 8.78 Å². The van der Waals surface area contributed by atoms with Gasteiger partial charge in [0.15, 0.2) is 5.65 Å². The van der Waals surface area contributed by atoms with E-state index in [1.54, 1.807) is 12.1 Å². The number of nitrogens with two attached hydrogens (primary N) is 1. The van der Waals surface area contributed by atoms with Gasteiger partial charge in [-0.1, -0.05) is 0 Å². The number of pyridine rings is 2. The monoisotopic (exact) mass is 411 g/mol. The number of halogens is 2. The number of carbonyl (C=O) groups is 2. The van der Waals surface area contributed by atoms with Crippen LogP contribution >= 0.6 is 0 Å². The first-order chi connectivity index (χ1) is 14.3. The third kappa shape index (κ3) is 3.32. The lowest BCUT2D eigenvalue weighted by atomic mass is 9.95. The highest BCUT2D eigenvalue weighted by Crippen LogP contribution is 2.34. The van der Waals surface area contributed by atoms with Crippen molar-refractivity contribution in [3.05, 3.63) is 42.0 Å². The number of nitriles is 1. The zero-order chi connectivity index (χ0) is 21.5. The van der Waals surface area contributed by atoms with Gasteiger partial charge in [-0.15, -0.1) is 0 Å². The minimum absolute atomic E-state index is 0.116. The van der Waals surface area contributed by atoms with Gasteiger partial charge in [-0.2, -0.15) is 10.4 Å². The Kier molecular flexibility index (Phi) is 4.62. The SMILES string of the molecule is N#CC1CC(F)(F)CN1C(=O)Cc1nccc(C(N)=O)c1-c1ccnc2[nH]ncc12. The molecular formula is C19H15F2N7O2. The van der Waals surface area contributed by atoms with Crippen LogP contribution in [-0.4, -0.2) is 55.4 Å². The standard InChI is InChI=1S/C19H15F2N7O2/c20-19(21)6-10(7-22)28(9-19)15(29)5-14-16(12(17(23)30)2-3-24-14)11-1-4-25-18-13(11)8-26-27-18/h1-4,8,10H,5-6,9H2,(H2,23,30)(H,25,26,27). The van der Waals surface area contributed by atoms with E-state index in [-0.39, 0.29) is 17.7 Å². The minimum Gasteiger partial charge on any atom is -0.366 e. The third-order valence-electron chi connectivity index (χ3n) is 4.98. The van der Waals surface area contributed by atoms with Crippen LogP contribution in [-0.2, 0) is 11.2 Å². The number of hydrogen-bond acceptors (Lipinski definition) is 6. The summed E-state index contributed by atoms with van der Waals surface area (Å²) in [7, 11) is 0. The molecule has 1 aliphatic rings. The summed E-state index contributed by atoms with van der Waals surface area (Å²) in [5, 5.41) is 16.4. The highest BCUT2D eigenvalue weighted by Gasteiger charge is 2.47. The van der Waals surface area contributed by atoms with Gasteiger partial charge in [0.1, 0.15) is 6.04 Å². The summed E-state index contributed by atoms with van der Waals surface area (Å²) < 4.78 is 27.5. The van der Waals surface area contributed by atoms with Crippen LogP contribution in [0.25, 0.3) is 22.2 Å². The zero-order valence-electron chi connectivity index (χ0n) is 15.5. The zero-order valence-corrected chi connectivity index (χ0v) is 15.5. The maximum absolute atomic E-state index is 13.7. The van der Waals surface area contributed by atoms with Gasteiger partial charge in [0.2, 0.25) is 11.8 Å². The van der Waals surface area contributed by atoms with Crippen molar-refractivity contribution in [2.45, 2.75) is 24.8 Å². The Labute approximate surface area is 168 Å². The van der Waals surface area contributed by atoms with Gasteiger partial charge in [0.05, 0.1) is 36.5 Å². The number of nitrogens with zero attached hydrogens (tertiary/aromatic N) is 5. The van der Waals surface area contributed by atoms with Crippen LogP contribution in [0, 0.1) is 11.3 Å². The number of aromatic nitrogens is 4. The van der Waals surface area contributed by atoms with Gasteiger partial charge in [-0.25, -0.2) is 13.8 Å². The predicted octanol–water partition coefficient (Wildman–Crippen LogP) is 1.42. The van der Waals surface area contributed by atoms with Crippen molar-refractivity contribution in [3.8, 4) is 17.2 Å². The van der Waals surface area contributed by atoms with Crippen LogP contribution in [0.1, 0.15) is 22.5 Å². The molecule has 3 aromatic rings. The molecule has 11 heteroatoms. The van der Waals surface area contributed by atoms with Gasteiger partial charge in [0.25, 0.3) is 5.92 Å². The van der Waals surface area contributed by atoms with Gasteiger partial charge in [0, 0.05) is 29.8 Å². The van der Waals surface area contributed by atoms with E-state index in [0.717, 1.165) is 4.90 Å². The summed E-state index contributed by atoms with van der Waals surface area (Å²) in [4.78, 5) is 34.1. The maximum Gasteiger partial charge on any atom is 0.268 e. The Morgan fingerprint density at radius 1 is 1.33 bits per heavy atom. The molecule has 30 heavy (non-hydrogen) atoms. The molecule has 0 radical (unpaired) electrons. The van der Waals surface area contributed by atoms with Crippen molar-refractivity contribution in [1.29, 1.82) is 5.26 Å². The number of likely N-dealkylation sites (tertiary alicyclic amines) is 1. The van der Waals surface area contributed by atoms with Crippen LogP contribution in [0.2, 0.25) is 0 Å². The molecular weight excluding hydrogens is 396 g/mol. The lowest BCUT2D eigenvalue weighted by Crippen LogP contribution is -2.37. The number of hydrogen-bond donors (Lipinski definition) is 2. The molecule has 0 aliphatic carbocycles. The second-order valence-electron chi connectivity index (χ2n) is 6.94. The number of amides is 2. The number of H-pyrrole nitrogens is 1. The van der Waals surface area contributed by atoms with Crippen molar-refractivity contribution in [2.75, 3.05) is 6.54 Å². The number of aromatic amines is 1. The highest BCUT2D eigenvalue weighted by atomic mass is 19.3. The van der Waals surface area contributed by atoms with Gasteiger partial charge < -0.3 is 10.6 Å². The van der Waals surface area contributed by atoms with Crippen LogP contribution in [0.3, 0.4) is 0 Å². The Bertz CT molecular complexity index is 1200. The molecule has 4 rings (SSSR count). The van der Waals surface area contributed by atoms with Crippen molar-refractivity contribution in [2.24, 2.45) is 5.73 Å². The summed E-state index contributed by atoms with van der Waals surface area (Å²) in [5.74, 6) is -4.56.